The van der Waals surface area contributed by atoms with E-state index < -0.39 is 11.7 Å². The number of fused-ring (bicyclic) bond motifs is 2. The highest BCUT2D eigenvalue weighted by molar-refractivity contribution is 7.16. The third-order valence-electron chi connectivity index (χ3n) is 4.90. The molecular weight excluding hydrogens is 371 g/mol. The molecule has 136 valence electrons. The van der Waals surface area contributed by atoms with E-state index in [-0.39, 0.29) is 0 Å². The molecular formula is C20H14F3N3S. The number of halogens is 3. The molecule has 0 N–H and O–H groups in total. The maximum atomic E-state index is 13.2. The molecule has 0 amide bonds. The van der Waals surface area contributed by atoms with Crippen molar-refractivity contribution in [1.82, 2.24) is 14.5 Å². The Kier molecular flexibility index (Phi) is 3.62. The van der Waals surface area contributed by atoms with Crippen LogP contribution >= 0.6 is 11.3 Å². The molecule has 0 radical (unpaired) electrons. The summed E-state index contributed by atoms with van der Waals surface area (Å²) in [7, 11) is 0. The van der Waals surface area contributed by atoms with Gasteiger partial charge in [0.15, 0.2) is 0 Å². The van der Waals surface area contributed by atoms with E-state index in [9.17, 15) is 13.2 Å². The molecule has 0 saturated carbocycles. The first-order chi connectivity index (χ1) is 13.0. The highest BCUT2D eigenvalue weighted by Gasteiger charge is 2.31. The lowest BCUT2D eigenvalue weighted by atomic mass is 10.0. The predicted octanol–water partition coefficient (Wildman–Crippen LogP) is 5.79. The lowest BCUT2D eigenvalue weighted by molar-refractivity contribution is -0.137. The van der Waals surface area contributed by atoms with Crippen molar-refractivity contribution in [2.45, 2.75) is 25.6 Å². The zero-order chi connectivity index (χ0) is 18.6. The summed E-state index contributed by atoms with van der Waals surface area (Å²) in [5.74, 6) is 0.932. The van der Waals surface area contributed by atoms with Gasteiger partial charge < -0.3 is 4.57 Å². The third-order valence-corrected chi connectivity index (χ3v) is 5.69. The van der Waals surface area contributed by atoms with Crippen LogP contribution in [0.25, 0.3) is 32.7 Å². The van der Waals surface area contributed by atoms with Crippen LogP contribution in [0.2, 0.25) is 0 Å². The fourth-order valence-electron chi connectivity index (χ4n) is 3.67. The molecule has 7 heteroatoms. The van der Waals surface area contributed by atoms with Gasteiger partial charge in [-0.1, -0.05) is 18.2 Å². The van der Waals surface area contributed by atoms with Crippen LogP contribution in [-0.4, -0.2) is 14.5 Å². The Balaban J connectivity index is 1.72. The van der Waals surface area contributed by atoms with Crippen molar-refractivity contribution >= 4 is 21.6 Å². The quantitative estimate of drug-likeness (QED) is 0.437. The summed E-state index contributed by atoms with van der Waals surface area (Å²) >= 11 is 1.55. The molecule has 2 aromatic heterocycles. The number of benzene rings is 2. The summed E-state index contributed by atoms with van der Waals surface area (Å²) in [4.78, 5) is 9.02. The third kappa shape index (κ3) is 2.73. The van der Waals surface area contributed by atoms with Crippen LogP contribution in [0.1, 0.15) is 17.8 Å². The minimum Gasteiger partial charge on any atom is -0.327 e. The topological polar surface area (TPSA) is 30.7 Å². The Morgan fingerprint density at radius 3 is 2.78 bits per heavy atom. The van der Waals surface area contributed by atoms with E-state index >= 15 is 0 Å². The number of thiazole rings is 1. The average Bonchev–Trinajstić information content (AvgIpc) is 3.35. The molecule has 27 heavy (non-hydrogen) atoms. The standard InChI is InChI=1S/C20H14F3N3S/c21-20(22,23)14-4-1-3-12(9-14)18-19(26-8-2-5-17(26)25-18)13-6-7-15-16(10-13)27-11-24-15/h1,3-4,6-7,9-11H,2,5,8H2. The second-order valence-corrected chi connectivity index (χ2v) is 7.48. The molecule has 0 unspecified atom stereocenters. The fraction of sp³-hybridized carbons (Fsp3) is 0.200. The summed E-state index contributed by atoms with van der Waals surface area (Å²) in [6, 6.07) is 11.4. The smallest absolute Gasteiger partial charge is 0.327 e. The van der Waals surface area contributed by atoms with Crippen LogP contribution in [0.5, 0.6) is 0 Å². The number of rotatable bonds is 2. The Bertz CT molecular complexity index is 1160. The summed E-state index contributed by atoms with van der Waals surface area (Å²) in [6.07, 6.45) is -2.53. The van der Waals surface area contributed by atoms with E-state index in [1.165, 1.54) is 12.1 Å². The van der Waals surface area contributed by atoms with Crippen LogP contribution in [0.4, 0.5) is 13.2 Å². The van der Waals surface area contributed by atoms with E-state index in [1.807, 2.05) is 18.2 Å². The van der Waals surface area contributed by atoms with Crippen LogP contribution < -0.4 is 0 Å². The van der Waals surface area contributed by atoms with E-state index in [2.05, 4.69) is 9.55 Å². The Morgan fingerprint density at radius 2 is 1.93 bits per heavy atom. The maximum Gasteiger partial charge on any atom is 0.416 e. The van der Waals surface area contributed by atoms with Crippen molar-refractivity contribution in [3.63, 3.8) is 0 Å². The second kappa shape index (κ2) is 5.92. The molecule has 1 aliphatic rings. The molecule has 0 aliphatic carbocycles. The van der Waals surface area contributed by atoms with Gasteiger partial charge in [-0.2, -0.15) is 13.2 Å². The van der Waals surface area contributed by atoms with Crippen LogP contribution in [0.15, 0.2) is 48.0 Å². The average molecular weight is 385 g/mol. The zero-order valence-corrected chi connectivity index (χ0v) is 14.9. The van der Waals surface area contributed by atoms with Crippen LogP contribution in [0.3, 0.4) is 0 Å². The Hall–Kier alpha value is -2.67. The number of nitrogens with zero attached hydrogens (tertiary/aromatic N) is 3. The van der Waals surface area contributed by atoms with E-state index in [0.29, 0.717) is 11.3 Å². The molecule has 5 rings (SSSR count). The first-order valence-electron chi connectivity index (χ1n) is 8.61. The predicted molar refractivity (Wildman–Crippen MR) is 99.6 cm³/mol. The van der Waals surface area contributed by atoms with Crippen LogP contribution in [0, 0.1) is 0 Å². The van der Waals surface area contributed by atoms with E-state index in [4.69, 9.17) is 4.98 Å². The normalized spacial score (nSPS) is 14.0. The summed E-state index contributed by atoms with van der Waals surface area (Å²) in [5.41, 5.74) is 5.01. The van der Waals surface area contributed by atoms with Gasteiger partial charge in [-0.25, -0.2) is 9.97 Å². The number of alkyl halides is 3. The molecule has 2 aromatic carbocycles. The highest BCUT2D eigenvalue weighted by atomic mass is 32.1. The molecule has 0 fully saturated rings. The van der Waals surface area contributed by atoms with Gasteiger partial charge >= 0.3 is 6.18 Å². The summed E-state index contributed by atoms with van der Waals surface area (Å²) in [6.45, 7) is 0.831. The second-order valence-electron chi connectivity index (χ2n) is 6.59. The lowest BCUT2D eigenvalue weighted by Gasteiger charge is -2.11. The van der Waals surface area contributed by atoms with Gasteiger partial charge in [-0.15, -0.1) is 11.3 Å². The maximum absolute atomic E-state index is 13.2. The molecule has 0 spiro atoms. The highest BCUT2D eigenvalue weighted by Crippen LogP contribution is 2.39. The number of aromatic nitrogens is 3. The van der Waals surface area contributed by atoms with E-state index in [1.54, 1.807) is 22.9 Å². The molecule has 0 saturated heterocycles. The van der Waals surface area contributed by atoms with Gasteiger partial charge in [0.05, 0.1) is 32.7 Å². The first-order valence-corrected chi connectivity index (χ1v) is 9.49. The zero-order valence-electron chi connectivity index (χ0n) is 14.1. The van der Waals surface area contributed by atoms with Gasteiger partial charge in [0.2, 0.25) is 0 Å². The monoisotopic (exact) mass is 385 g/mol. The minimum absolute atomic E-state index is 0.492. The molecule has 1 aliphatic heterocycles. The van der Waals surface area contributed by atoms with Gasteiger partial charge in [0.1, 0.15) is 5.82 Å². The van der Waals surface area contributed by atoms with Gasteiger partial charge in [0, 0.05) is 24.1 Å². The minimum atomic E-state index is -4.37. The first kappa shape index (κ1) is 16.5. The lowest BCUT2D eigenvalue weighted by Crippen LogP contribution is -2.04. The molecule has 0 bridgehead atoms. The summed E-state index contributed by atoms with van der Waals surface area (Å²) < 4.78 is 42.7. The number of hydrogen-bond donors (Lipinski definition) is 0. The number of aryl methyl sites for hydroxylation is 1. The van der Waals surface area contributed by atoms with Crippen molar-refractivity contribution in [1.29, 1.82) is 0 Å². The SMILES string of the molecule is FC(F)(F)c1cccc(-c2nc3n(c2-c2ccc4ncsc4c2)CCC3)c1. The van der Waals surface area contributed by atoms with Gasteiger partial charge in [-0.05, 0) is 30.7 Å². The van der Waals surface area contributed by atoms with Gasteiger partial charge in [0.25, 0.3) is 0 Å². The van der Waals surface area contributed by atoms with Crippen molar-refractivity contribution < 1.29 is 13.2 Å². The molecule has 4 aromatic rings. The Morgan fingerprint density at radius 1 is 1.04 bits per heavy atom. The molecule has 0 atom stereocenters. The van der Waals surface area contributed by atoms with E-state index in [0.717, 1.165) is 52.8 Å². The largest absolute Gasteiger partial charge is 0.416 e. The molecule has 3 nitrogen and oxygen atoms in total. The van der Waals surface area contributed by atoms with Crippen LogP contribution in [-0.2, 0) is 19.1 Å². The summed E-state index contributed by atoms with van der Waals surface area (Å²) in [5, 5.41) is 0. The number of imidazole rings is 1. The van der Waals surface area contributed by atoms with Gasteiger partial charge in [-0.3, -0.25) is 0 Å². The number of hydrogen-bond acceptors (Lipinski definition) is 3. The van der Waals surface area contributed by atoms with Crippen molar-refractivity contribution in [3.05, 3.63) is 59.4 Å². The Labute approximate surface area is 157 Å². The molecule has 3 heterocycles. The van der Waals surface area contributed by atoms with Crippen molar-refractivity contribution in [2.75, 3.05) is 0 Å². The fourth-order valence-corrected chi connectivity index (χ4v) is 4.38. The van der Waals surface area contributed by atoms with Crippen molar-refractivity contribution in [3.8, 4) is 22.5 Å². The van der Waals surface area contributed by atoms with Crippen molar-refractivity contribution in [2.24, 2.45) is 0 Å².